The number of benzene rings is 1. The van der Waals surface area contributed by atoms with E-state index < -0.39 is 64.4 Å². The Labute approximate surface area is 189 Å². The number of nitrogens with zero attached hydrogens (tertiary/aromatic N) is 2. The second-order valence-electron chi connectivity index (χ2n) is 8.60. The number of carbonyl (C=O) groups is 2. The molecule has 0 radical (unpaired) electrons. The van der Waals surface area contributed by atoms with Gasteiger partial charge in [-0.2, -0.15) is 13.2 Å². The van der Waals surface area contributed by atoms with Crippen molar-refractivity contribution < 1.29 is 37.0 Å². The molecule has 34 heavy (non-hydrogen) atoms. The summed E-state index contributed by atoms with van der Waals surface area (Å²) in [4.78, 5) is 39.9. The molecule has 3 unspecified atom stereocenters. The van der Waals surface area contributed by atoms with Crippen molar-refractivity contribution in [2.45, 2.75) is 56.9 Å². The second-order valence-corrected chi connectivity index (χ2v) is 8.60. The minimum absolute atomic E-state index is 0.00915. The van der Waals surface area contributed by atoms with Crippen LogP contribution in [0.3, 0.4) is 0 Å². The van der Waals surface area contributed by atoms with Crippen LogP contribution in [0, 0.1) is 5.82 Å². The maximum absolute atomic E-state index is 13.3. The number of nitrogens with one attached hydrogen (secondary N) is 1. The highest BCUT2D eigenvalue weighted by Gasteiger charge is 2.47. The molecule has 2 bridgehead atoms. The van der Waals surface area contributed by atoms with Gasteiger partial charge in [-0.25, -0.2) is 4.39 Å². The second kappa shape index (κ2) is 7.83. The molecule has 1 saturated heterocycles. The highest BCUT2D eigenvalue weighted by Crippen LogP contribution is 2.39. The lowest BCUT2D eigenvalue weighted by Gasteiger charge is -2.44. The average Bonchev–Trinajstić information content (AvgIpc) is 3.15. The van der Waals surface area contributed by atoms with E-state index in [0.29, 0.717) is 12.5 Å². The normalized spacial score (nSPS) is 23.5. The van der Waals surface area contributed by atoms with Crippen molar-refractivity contribution in [3.05, 3.63) is 62.8 Å². The summed E-state index contributed by atoms with van der Waals surface area (Å²) in [5, 5.41) is 12.7. The predicted molar refractivity (Wildman–Crippen MR) is 107 cm³/mol. The molecule has 2 aromatic rings. The third-order valence-corrected chi connectivity index (χ3v) is 6.52. The summed E-state index contributed by atoms with van der Waals surface area (Å²) in [6.45, 7) is -0.559. The largest absolute Gasteiger partial charge is 0.503 e. The molecule has 8 nitrogen and oxygen atoms in total. The number of fused-ring (bicyclic) bond motifs is 5. The highest BCUT2D eigenvalue weighted by molar-refractivity contribution is 5.99. The Morgan fingerprint density at radius 1 is 1.24 bits per heavy atom. The first-order chi connectivity index (χ1) is 16.0. The summed E-state index contributed by atoms with van der Waals surface area (Å²) < 4.78 is 60.1. The molecule has 0 spiro atoms. The van der Waals surface area contributed by atoms with E-state index in [1.807, 2.05) is 0 Å². The SMILES string of the molecule is O=C(NCc1ccc(F)cc1C(F)(F)F)c1cn2c(c(O)c1=O)C(=O)N1C3CCC(C3)OC1C2. The van der Waals surface area contributed by atoms with Crippen LogP contribution in [0.5, 0.6) is 5.75 Å². The molecule has 1 aliphatic carbocycles. The first kappa shape index (κ1) is 22.4. The number of halogens is 4. The minimum atomic E-state index is -4.85. The molecule has 12 heteroatoms. The third-order valence-electron chi connectivity index (χ3n) is 6.52. The van der Waals surface area contributed by atoms with Gasteiger partial charge in [0.2, 0.25) is 5.43 Å². The van der Waals surface area contributed by atoms with Crippen molar-refractivity contribution in [1.29, 1.82) is 0 Å². The van der Waals surface area contributed by atoms with E-state index in [1.165, 1.54) is 9.47 Å². The highest BCUT2D eigenvalue weighted by atomic mass is 19.4. The summed E-state index contributed by atoms with van der Waals surface area (Å²) in [5.74, 6) is -3.62. The quantitative estimate of drug-likeness (QED) is 0.656. The van der Waals surface area contributed by atoms with E-state index in [9.17, 15) is 37.1 Å². The van der Waals surface area contributed by atoms with Crippen LogP contribution >= 0.6 is 0 Å². The lowest BCUT2D eigenvalue weighted by atomic mass is 10.1. The molecule has 1 aromatic carbocycles. The fourth-order valence-corrected chi connectivity index (χ4v) is 4.95. The van der Waals surface area contributed by atoms with Crippen molar-refractivity contribution >= 4 is 11.8 Å². The van der Waals surface area contributed by atoms with Gasteiger partial charge < -0.3 is 24.6 Å². The van der Waals surface area contributed by atoms with Crippen LogP contribution in [0.15, 0.2) is 29.2 Å². The Kier molecular flexibility index (Phi) is 5.15. The van der Waals surface area contributed by atoms with Crippen molar-refractivity contribution in [3.63, 3.8) is 0 Å². The number of amides is 2. The summed E-state index contributed by atoms with van der Waals surface area (Å²) in [6, 6.07) is 1.97. The summed E-state index contributed by atoms with van der Waals surface area (Å²) in [5.41, 5.74) is -3.58. The Balaban J connectivity index is 1.43. The van der Waals surface area contributed by atoms with Crippen molar-refractivity contribution in [1.82, 2.24) is 14.8 Å². The van der Waals surface area contributed by atoms with Gasteiger partial charge in [-0.15, -0.1) is 0 Å². The van der Waals surface area contributed by atoms with E-state index in [1.54, 1.807) is 0 Å². The van der Waals surface area contributed by atoms with Crippen molar-refractivity contribution in [3.8, 4) is 5.75 Å². The van der Waals surface area contributed by atoms with E-state index in [4.69, 9.17) is 4.74 Å². The maximum atomic E-state index is 13.3. The number of carbonyl (C=O) groups excluding carboxylic acids is 2. The number of alkyl halides is 3. The van der Waals surface area contributed by atoms with Crippen molar-refractivity contribution in [2.75, 3.05) is 0 Å². The van der Waals surface area contributed by atoms with Gasteiger partial charge in [0.15, 0.2) is 17.7 Å². The standard InChI is InChI=1S/C22H19F4N3O5/c23-11-2-1-10(15(5-11)22(24,25)26)7-27-20(32)14-8-28-9-16-29(12-3-4-13(6-12)34-16)21(33)17(28)19(31)18(14)30/h1-2,5,8,12-13,16,31H,3-4,6-7,9H2,(H,27,32). The van der Waals surface area contributed by atoms with Crippen LogP contribution in [0.25, 0.3) is 0 Å². The summed E-state index contributed by atoms with van der Waals surface area (Å²) in [7, 11) is 0. The number of ether oxygens (including phenoxy) is 1. The molecule has 2 aliphatic heterocycles. The zero-order valence-corrected chi connectivity index (χ0v) is 17.6. The van der Waals surface area contributed by atoms with E-state index in [-0.39, 0.29) is 24.4 Å². The molecule has 3 heterocycles. The number of rotatable bonds is 3. The van der Waals surface area contributed by atoms with Crippen LogP contribution in [0.2, 0.25) is 0 Å². The van der Waals surface area contributed by atoms with Gasteiger partial charge in [0.25, 0.3) is 11.8 Å². The zero-order chi connectivity index (χ0) is 24.4. The van der Waals surface area contributed by atoms with Crippen LogP contribution < -0.4 is 10.7 Å². The number of hydrogen-bond donors (Lipinski definition) is 2. The molecule has 5 rings (SSSR count). The lowest BCUT2D eigenvalue weighted by molar-refractivity contribution is -0.138. The fourth-order valence-electron chi connectivity index (χ4n) is 4.95. The van der Waals surface area contributed by atoms with E-state index in [0.717, 1.165) is 31.2 Å². The van der Waals surface area contributed by atoms with E-state index in [2.05, 4.69) is 5.32 Å². The van der Waals surface area contributed by atoms with E-state index >= 15 is 0 Å². The van der Waals surface area contributed by atoms with Gasteiger partial charge in [-0.1, -0.05) is 6.07 Å². The average molecular weight is 481 g/mol. The molecule has 2 amide bonds. The van der Waals surface area contributed by atoms with Gasteiger partial charge >= 0.3 is 6.18 Å². The first-order valence-electron chi connectivity index (χ1n) is 10.6. The molecular weight excluding hydrogens is 462 g/mol. The van der Waals surface area contributed by atoms with Gasteiger partial charge in [-0.3, -0.25) is 14.4 Å². The Bertz CT molecular complexity index is 1260. The minimum Gasteiger partial charge on any atom is -0.503 e. The zero-order valence-electron chi connectivity index (χ0n) is 17.6. The topological polar surface area (TPSA) is 101 Å². The van der Waals surface area contributed by atoms with Gasteiger partial charge in [0.1, 0.15) is 11.4 Å². The van der Waals surface area contributed by atoms with Gasteiger partial charge in [0.05, 0.1) is 18.2 Å². The molecule has 180 valence electrons. The molecule has 3 aliphatic rings. The maximum Gasteiger partial charge on any atom is 0.416 e. The Morgan fingerprint density at radius 3 is 2.74 bits per heavy atom. The monoisotopic (exact) mass is 481 g/mol. The van der Waals surface area contributed by atoms with Crippen molar-refractivity contribution in [2.24, 2.45) is 0 Å². The Hall–Kier alpha value is -3.41. The van der Waals surface area contributed by atoms with Gasteiger partial charge in [0, 0.05) is 18.8 Å². The fraction of sp³-hybridized carbons (Fsp3) is 0.409. The third kappa shape index (κ3) is 3.61. The smallest absolute Gasteiger partial charge is 0.416 e. The van der Waals surface area contributed by atoms with Gasteiger partial charge in [-0.05, 0) is 37.0 Å². The van der Waals surface area contributed by atoms with Crippen LogP contribution in [0.4, 0.5) is 17.6 Å². The number of hydrogen-bond acceptors (Lipinski definition) is 5. The number of aromatic nitrogens is 1. The molecule has 1 saturated carbocycles. The number of pyridine rings is 1. The molecule has 2 fully saturated rings. The lowest BCUT2D eigenvalue weighted by Crippen LogP contribution is -2.57. The predicted octanol–water partition coefficient (Wildman–Crippen LogP) is 2.38. The summed E-state index contributed by atoms with van der Waals surface area (Å²) >= 11 is 0. The Morgan fingerprint density at radius 2 is 2.00 bits per heavy atom. The molecule has 3 atom stereocenters. The van der Waals surface area contributed by atoms with Crippen LogP contribution in [0.1, 0.15) is 51.2 Å². The molecule has 2 N–H and O–H groups in total. The van der Waals surface area contributed by atoms with Crippen LogP contribution in [-0.4, -0.2) is 44.8 Å². The first-order valence-corrected chi connectivity index (χ1v) is 10.6. The number of aromatic hydroxyl groups is 1. The summed E-state index contributed by atoms with van der Waals surface area (Å²) in [6.07, 6.45) is -2.14. The molecular formula is C22H19F4N3O5. The molecule has 1 aromatic heterocycles. The van der Waals surface area contributed by atoms with Crippen LogP contribution in [-0.2, 0) is 24.0 Å².